The smallest absolute Gasteiger partial charge is 0.320 e. The van der Waals surface area contributed by atoms with E-state index in [0.717, 1.165) is 0 Å². The van der Waals surface area contributed by atoms with Crippen LogP contribution in [0.1, 0.15) is 13.8 Å². The summed E-state index contributed by atoms with van der Waals surface area (Å²) in [6.07, 6.45) is 0. The fourth-order valence-electron chi connectivity index (χ4n) is 1.34. The topological polar surface area (TPSA) is 63.3 Å². The van der Waals surface area contributed by atoms with Crippen LogP contribution >= 0.6 is 69.6 Å². The van der Waals surface area contributed by atoms with Crippen molar-refractivity contribution in [2.45, 2.75) is 52.2 Å². The molecule has 1 aliphatic rings. The molecule has 0 heterocycles. The predicted octanol–water partition coefficient (Wildman–Crippen LogP) is 3.70. The van der Waals surface area contributed by atoms with Gasteiger partial charge in [0.1, 0.15) is 6.04 Å². The van der Waals surface area contributed by atoms with Crippen molar-refractivity contribution in [3.8, 4) is 0 Å². The van der Waals surface area contributed by atoms with Crippen molar-refractivity contribution in [3.05, 3.63) is 0 Å². The van der Waals surface area contributed by atoms with E-state index < -0.39 is 44.3 Å². The van der Waals surface area contributed by atoms with Crippen molar-refractivity contribution in [2.75, 3.05) is 0 Å². The van der Waals surface area contributed by atoms with Gasteiger partial charge in [-0.2, -0.15) is 0 Å². The average Bonchev–Trinajstić information content (AvgIpc) is 2.40. The van der Waals surface area contributed by atoms with Crippen molar-refractivity contribution >= 4 is 75.6 Å². The van der Waals surface area contributed by atoms with Crippen molar-refractivity contribution < 1.29 is 9.90 Å². The molecule has 1 fully saturated rings. The first-order valence-electron chi connectivity index (χ1n) is 5.85. The normalized spacial score (nSPS) is 38.9. The van der Waals surface area contributed by atoms with E-state index in [-0.39, 0.29) is 5.92 Å². The van der Waals surface area contributed by atoms with E-state index in [1.54, 1.807) is 13.8 Å². The number of halogens is 6. The lowest BCUT2D eigenvalue weighted by molar-refractivity contribution is -0.139. The van der Waals surface area contributed by atoms with Gasteiger partial charge in [-0.05, 0) is 5.92 Å². The maximum absolute atomic E-state index is 10.0. The molecule has 0 aromatic heterocycles. The summed E-state index contributed by atoms with van der Waals surface area (Å²) in [7, 11) is 0. The summed E-state index contributed by atoms with van der Waals surface area (Å²) in [5.41, 5.74) is 5.16. The summed E-state index contributed by atoms with van der Waals surface area (Å²) in [6, 6.07) is -0.713. The molecule has 9 heteroatoms. The molecule has 0 amide bonds. The number of rotatable bonds is 2. The fourth-order valence-corrected chi connectivity index (χ4v) is 3.67. The van der Waals surface area contributed by atoms with Crippen molar-refractivity contribution in [1.82, 2.24) is 0 Å². The molecule has 20 heavy (non-hydrogen) atoms. The molecular weight excluding hydrogens is 391 g/mol. The number of alkyl halides is 6. The number of hydrogen-bond acceptors (Lipinski definition) is 2. The highest BCUT2D eigenvalue weighted by Gasteiger charge is 2.46. The minimum Gasteiger partial charge on any atom is -0.480 e. The Morgan fingerprint density at radius 1 is 0.850 bits per heavy atom. The highest BCUT2D eigenvalue weighted by molar-refractivity contribution is 6.45. The third-order valence-electron chi connectivity index (χ3n) is 2.83. The Hall–Kier alpha value is 1.17. The van der Waals surface area contributed by atoms with Gasteiger partial charge in [0.15, 0.2) is 0 Å². The Morgan fingerprint density at radius 3 is 1.10 bits per heavy atom. The zero-order valence-electron chi connectivity index (χ0n) is 10.8. The molecule has 0 unspecified atom stereocenters. The van der Waals surface area contributed by atoms with Crippen LogP contribution in [0, 0.1) is 5.92 Å². The van der Waals surface area contributed by atoms with E-state index in [2.05, 4.69) is 0 Å². The first kappa shape index (κ1) is 21.2. The summed E-state index contributed by atoms with van der Waals surface area (Å²) >= 11 is 35.3. The second-order valence-electron chi connectivity index (χ2n) is 4.77. The van der Waals surface area contributed by atoms with E-state index in [9.17, 15) is 4.79 Å². The maximum atomic E-state index is 10.0. The standard InChI is InChI=1S/C6H6Cl6.C5H11NO2/c7-1-2(8)4(10)6(12)5(11)3(1)9;1-3(2)4(6)5(7)8/h1-6H;3-4H,6H2,1-2H3,(H,7,8)/t1-,2-,3-,4+,5+,6+;4-/m.0/s1. The van der Waals surface area contributed by atoms with Crippen LogP contribution < -0.4 is 5.73 Å². The number of carbonyl (C=O) groups is 1. The van der Waals surface area contributed by atoms with Gasteiger partial charge >= 0.3 is 5.97 Å². The van der Waals surface area contributed by atoms with Crippen LogP contribution in [0.25, 0.3) is 0 Å². The van der Waals surface area contributed by atoms with Crippen LogP contribution in [0.2, 0.25) is 0 Å². The number of nitrogens with two attached hydrogens (primary N) is 1. The summed E-state index contributed by atoms with van der Waals surface area (Å²) in [6.45, 7) is 3.55. The molecule has 0 bridgehead atoms. The lowest BCUT2D eigenvalue weighted by Crippen LogP contribution is -2.52. The highest BCUT2D eigenvalue weighted by Crippen LogP contribution is 2.39. The molecule has 0 saturated heterocycles. The predicted molar refractivity (Wildman–Crippen MR) is 88.3 cm³/mol. The zero-order chi connectivity index (χ0) is 16.2. The minimum absolute atomic E-state index is 0.0208. The Labute approximate surface area is 149 Å². The van der Waals surface area contributed by atoms with Gasteiger partial charge in [-0.25, -0.2) is 0 Å². The lowest BCUT2D eigenvalue weighted by Gasteiger charge is -2.37. The summed E-state index contributed by atoms with van der Waals surface area (Å²) < 4.78 is 0. The fraction of sp³-hybridized carbons (Fsp3) is 0.909. The quantitative estimate of drug-likeness (QED) is 0.686. The molecular formula is C11H17Cl6NO2. The average molecular weight is 408 g/mol. The van der Waals surface area contributed by atoms with Crippen LogP contribution in [0.5, 0.6) is 0 Å². The molecule has 0 aromatic carbocycles. The van der Waals surface area contributed by atoms with Crippen LogP contribution in [0.15, 0.2) is 0 Å². The van der Waals surface area contributed by atoms with Crippen molar-refractivity contribution in [1.29, 1.82) is 0 Å². The summed E-state index contributed by atoms with van der Waals surface area (Å²) in [5, 5.41) is 5.61. The molecule has 0 radical (unpaired) electrons. The van der Waals surface area contributed by atoms with Crippen molar-refractivity contribution in [2.24, 2.45) is 11.7 Å². The van der Waals surface area contributed by atoms with Gasteiger partial charge in [0.25, 0.3) is 0 Å². The Balaban J connectivity index is 0.000000396. The van der Waals surface area contributed by atoms with E-state index in [0.29, 0.717) is 0 Å². The second-order valence-corrected chi connectivity index (χ2v) is 7.80. The van der Waals surface area contributed by atoms with E-state index in [4.69, 9.17) is 80.4 Å². The van der Waals surface area contributed by atoms with E-state index in [1.165, 1.54) is 0 Å². The summed E-state index contributed by atoms with van der Waals surface area (Å²) in [5.74, 6) is -0.910. The monoisotopic (exact) mass is 405 g/mol. The van der Waals surface area contributed by atoms with Crippen LogP contribution in [-0.4, -0.2) is 49.4 Å². The third-order valence-corrected chi connectivity index (χ3v) is 6.86. The highest BCUT2D eigenvalue weighted by atomic mass is 35.5. The molecule has 1 rings (SSSR count). The molecule has 120 valence electrons. The molecule has 1 aliphatic carbocycles. The Bertz CT molecular complexity index is 261. The van der Waals surface area contributed by atoms with Crippen molar-refractivity contribution in [3.63, 3.8) is 0 Å². The zero-order valence-corrected chi connectivity index (χ0v) is 15.4. The molecule has 1 saturated carbocycles. The molecule has 3 N–H and O–H groups in total. The molecule has 0 spiro atoms. The van der Waals surface area contributed by atoms with Gasteiger partial charge in [0.05, 0.1) is 32.3 Å². The number of hydrogen-bond donors (Lipinski definition) is 2. The minimum atomic E-state index is -0.931. The number of carboxylic acid groups (broad SMARTS) is 1. The molecule has 0 aliphatic heterocycles. The molecule has 3 nitrogen and oxygen atoms in total. The van der Waals surface area contributed by atoms with Gasteiger partial charge in [-0.3, -0.25) is 4.79 Å². The van der Waals surface area contributed by atoms with Gasteiger partial charge < -0.3 is 10.8 Å². The SMILES string of the molecule is CC(C)[C@H](N)C(=O)O.Cl[C@H]1[C@H](Cl)[C@@H](Cl)[C@@H](Cl)[C@H](Cl)[C@H]1Cl. The lowest BCUT2D eigenvalue weighted by atomic mass is 9.97. The van der Waals surface area contributed by atoms with E-state index in [1.807, 2.05) is 0 Å². The Morgan fingerprint density at radius 2 is 1.05 bits per heavy atom. The van der Waals surface area contributed by atoms with E-state index >= 15 is 0 Å². The van der Waals surface area contributed by atoms with Gasteiger partial charge in [0, 0.05) is 0 Å². The number of aliphatic carboxylic acids is 1. The largest absolute Gasteiger partial charge is 0.480 e. The third kappa shape index (κ3) is 5.75. The van der Waals surface area contributed by atoms with Crippen LogP contribution in [-0.2, 0) is 4.79 Å². The Kier molecular flexibility index (Phi) is 9.89. The van der Waals surface area contributed by atoms with Gasteiger partial charge in [0.2, 0.25) is 0 Å². The first-order chi connectivity index (χ1) is 9.02. The van der Waals surface area contributed by atoms with Gasteiger partial charge in [-0.1, -0.05) is 13.8 Å². The van der Waals surface area contributed by atoms with Gasteiger partial charge in [-0.15, -0.1) is 69.6 Å². The molecule has 0 aromatic rings. The first-order valence-corrected chi connectivity index (χ1v) is 8.47. The van der Waals surface area contributed by atoms with Crippen LogP contribution in [0.3, 0.4) is 0 Å². The number of carboxylic acids is 1. The molecule has 1 atom stereocenters. The maximum Gasteiger partial charge on any atom is 0.320 e. The summed E-state index contributed by atoms with van der Waals surface area (Å²) in [4.78, 5) is 10.0. The second kappa shape index (κ2) is 9.34. The van der Waals surface area contributed by atoms with Crippen LogP contribution in [0.4, 0.5) is 0 Å².